The minimum absolute atomic E-state index is 0.197. The van der Waals surface area contributed by atoms with Gasteiger partial charge in [-0.2, -0.15) is 5.10 Å². The van der Waals surface area contributed by atoms with Crippen LogP contribution in [0.3, 0.4) is 0 Å². The normalized spacial score (nSPS) is 13.7. The number of carbonyl (C=O) groups excluding carboxylic acids is 2. The number of ether oxygens (including phenoxy) is 1. The quantitative estimate of drug-likeness (QED) is 0.902. The Balaban J connectivity index is 1.67. The summed E-state index contributed by atoms with van der Waals surface area (Å²) >= 11 is 1.38. The van der Waals surface area contributed by atoms with Gasteiger partial charge in [0.15, 0.2) is 10.8 Å². The molecular weight excluding hydrogens is 342 g/mol. The van der Waals surface area contributed by atoms with Crippen LogP contribution in [0.15, 0.2) is 12.3 Å². The highest BCUT2D eigenvalue weighted by Crippen LogP contribution is 2.28. The highest BCUT2D eigenvalue weighted by atomic mass is 32.1. The van der Waals surface area contributed by atoms with Gasteiger partial charge in [-0.05, 0) is 26.8 Å². The minimum Gasteiger partial charge on any atom is -0.450 e. The first-order chi connectivity index (χ1) is 12.0. The first kappa shape index (κ1) is 17.4. The van der Waals surface area contributed by atoms with Crippen molar-refractivity contribution in [2.45, 2.75) is 39.8 Å². The molecule has 0 saturated heterocycles. The maximum atomic E-state index is 12.3. The summed E-state index contributed by atoms with van der Waals surface area (Å²) < 4.78 is 6.77. The largest absolute Gasteiger partial charge is 0.450 e. The fourth-order valence-electron chi connectivity index (χ4n) is 2.53. The van der Waals surface area contributed by atoms with E-state index in [2.05, 4.69) is 15.4 Å². The number of anilines is 1. The molecule has 3 heterocycles. The highest BCUT2D eigenvalue weighted by Gasteiger charge is 2.25. The van der Waals surface area contributed by atoms with Gasteiger partial charge in [-0.3, -0.25) is 14.8 Å². The molecule has 9 heteroatoms. The Bertz CT molecular complexity index is 783. The standard InChI is InChI=1S/C16H21N5O3S/c1-4-24-16(23)20-7-5-11-13(9-20)25-15(17-11)18-14(22)12-6-8-21(19-12)10(2)3/h6,8,10H,4-5,7,9H2,1-3H3,(H,17,18,22). The van der Waals surface area contributed by atoms with Crippen molar-refractivity contribution in [1.82, 2.24) is 19.7 Å². The second kappa shape index (κ2) is 7.22. The fraction of sp³-hybridized carbons (Fsp3) is 0.500. The molecule has 8 nitrogen and oxygen atoms in total. The van der Waals surface area contributed by atoms with Crippen molar-refractivity contribution in [3.05, 3.63) is 28.5 Å². The number of nitrogens with one attached hydrogen (secondary N) is 1. The summed E-state index contributed by atoms with van der Waals surface area (Å²) in [7, 11) is 0. The van der Waals surface area contributed by atoms with E-state index in [1.807, 2.05) is 13.8 Å². The van der Waals surface area contributed by atoms with Crippen LogP contribution in [0.4, 0.5) is 9.93 Å². The summed E-state index contributed by atoms with van der Waals surface area (Å²) in [6, 6.07) is 1.88. The first-order valence-electron chi connectivity index (χ1n) is 8.24. The third kappa shape index (κ3) is 3.81. The number of fused-ring (bicyclic) bond motifs is 1. The summed E-state index contributed by atoms with van der Waals surface area (Å²) in [5.74, 6) is -0.284. The van der Waals surface area contributed by atoms with Crippen molar-refractivity contribution in [2.24, 2.45) is 0 Å². The van der Waals surface area contributed by atoms with Crippen molar-refractivity contribution < 1.29 is 14.3 Å². The van der Waals surface area contributed by atoms with Crippen LogP contribution >= 0.6 is 11.3 Å². The van der Waals surface area contributed by atoms with Crippen molar-refractivity contribution in [1.29, 1.82) is 0 Å². The van der Waals surface area contributed by atoms with Crippen LogP contribution in [-0.2, 0) is 17.7 Å². The number of thiazole rings is 1. The molecule has 0 unspecified atom stereocenters. The molecule has 2 amide bonds. The molecule has 0 fully saturated rings. The van der Waals surface area contributed by atoms with E-state index in [9.17, 15) is 9.59 Å². The van der Waals surface area contributed by atoms with E-state index in [4.69, 9.17) is 4.74 Å². The third-order valence-electron chi connectivity index (χ3n) is 3.85. The molecule has 0 aliphatic carbocycles. The van der Waals surface area contributed by atoms with Crippen molar-refractivity contribution >= 4 is 28.5 Å². The summed E-state index contributed by atoms with van der Waals surface area (Å²) in [5.41, 5.74) is 1.28. The second-order valence-corrected chi connectivity index (χ2v) is 7.07. The minimum atomic E-state index is -0.314. The van der Waals surface area contributed by atoms with E-state index in [0.29, 0.717) is 36.9 Å². The van der Waals surface area contributed by atoms with Gasteiger partial charge in [0.2, 0.25) is 0 Å². The van der Waals surface area contributed by atoms with Gasteiger partial charge in [-0.25, -0.2) is 9.78 Å². The fourth-order valence-corrected chi connectivity index (χ4v) is 3.55. The monoisotopic (exact) mass is 363 g/mol. The topological polar surface area (TPSA) is 89.4 Å². The Kier molecular flexibility index (Phi) is 5.03. The molecule has 0 bridgehead atoms. The predicted octanol–water partition coefficient (Wildman–Crippen LogP) is 2.69. The number of hydrogen-bond donors (Lipinski definition) is 1. The van der Waals surface area contributed by atoms with Crippen molar-refractivity contribution in [3.63, 3.8) is 0 Å². The Hall–Kier alpha value is -2.42. The van der Waals surface area contributed by atoms with E-state index in [1.54, 1.807) is 28.8 Å². The van der Waals surface area contributed by atoms with E-state index in [0.717, 1.165) is 10.6 Å². The molecule has 2 aromatic rings. The lowest BCUT2D eigenvalue weighted by Crippen LogP contribution is -2.35. The molecular formula is C16H21N5O3S. The predicted molar refractivity (Wildman–Crippen MR) is 93.8 cm³/mol. The number of rotatable bonds is 4. The van der Waals surface area contributed by atoms with Gasteiger partial charge in [-0.15, -0.1) is 0 Å². The van der Waals surface area contributed by atoms with Gasteiger partial charge < -0.3 is 9.64 Å². The summed E-state index contributed by atoms with van der Waals surface area (Å²) in [6.07, 6.45) is 2.12. The Morgan fingerprint density at radius 1 is 1.44 bits per heavy atom. The van der Waals surface area contributed by atoms with Gasteiger partial charge in [0.1, 0.15) is 0 Å². The Morgan fingerprint density at radius 2 is 2.24 bits per heavy atom. The zero-order valence-corrected chi connectivity index (χ0v) is 15.3. The van der Waals surface area contributed by atoms with E-state index in [-0.39, 0.29) is 18.0 Å². The van der Waals surface area contributed by atoms with Crippen LogP contribution in [0.2, 0.25) is 0 Å². The lowest BCUT2D eigenvalue weighted by atomic mass is 10.2. The van der Waals surface area contributed by atoms with Gasteiger partial charge in [-0.1, -0.05) is 11.3 Å². The molecule has 3 rings (SSSR count). The van der Waals surface area contributed by atoms with Crippen LogP contribution in [0, 0.1) is 0 Å². The number of nitrogens with zero attached hydrogens (tertiary/aromatic N) is 4. The number of amides is 2. The molecule has 0 radical (unpaired) electrons. The maximum absolute atomic E-state index is 12.3. The molecule has 0 atom stereocenters. The molecule has 1 aliphatic rings. The van der Waals surface area contributed by atoms with Crippen LogP contribution in [0.5, 0.6) is 0 Å². The van der Waals surface area contributed by atoms with Gasteiger partial charge in [0.25, 0.3) is 5.91 Å². The Labute approximate surface area is 149 Å². The molecule has 134 valence electrons. The van der Waals surface area contributed by atoms with E-state index >= 15 is 0 Å². The van der Waals surface area contributed by atoms with Gasteiger partial charge in [0.05, 0.1) is 18.8 Å². The lowest BCUT2D eigenvalue weighted by molar-refractivity contribution is 0.101. The molecule has 1 aliphatic heterocycles. The van der Waals surface area contributed by atoms with E-state index < -0.39 is 0 Å². The smallest absolute Gasteiger partial charge is 0.410 e. The van der Waals surface area contributed by atoms with Crippen LogP contribution in [0.25, 0.3) is 0 Å². The lowest BCUT2D eigenvalue weighted by Gasteiger charge is -2.24. The molecule has 1 N–H and O–H groups in total. The van der Waals surface area contributed by atoms with Crippen LogP contribution in [-0.4, -0.2) is 44.8 Å². The molecule has 25 heavy (non-hydrogen) atoms. The van der Waals surface area contributed by atoms with Crippen LogP contribution < -0.4 is 5.32 Å². The third-order valence-corrected chi connectivity index (χ3v) is 4.85. The number of hydrogen-bond acceptors (Lipinski definition) is 6. The molecule has 0 spiro atoms. The molecule has 0 saturated carbocycles. The van der Waals surface area contributed by atoms with Crippen molar-refractivity contribution in [3.8, 4) is 0 Å². The number of aromatic nitrogens is 3. The molecule has 0 aromatic carbocycles. The zero-order chi connectivity index (χ0) is 18.0. The SMILES string of the molecule is CCOC(=O)N1CCc2nc(NC(=O)c3ccn(C(C)C)n3)sc2C1. The molecule has 2 aromatic heterocycles. The van der Waals surface area contributed by atoms with Crippen molar-refractivity contribution in [2.75, 3.05) is 18.5 Å². The average Bonchev–Trinajstić information content (AvgIpc) is 3.20. The van der Waals surface area contributed by atoms with Gasteiger partial charge >= 0.3 is 6.09 Å². The zero-order valence-electron chi connectivity index (χ0n) is 14.5. The second-order valence-electron chi connectivity index (χ2n) is 5.99. The highest BCUT2D eigenvalue weighted by molar-refractivity contribution is 7.15. The van der Waals surface area contributed by atoms with Gasteiger partial charge in [0, 0.05) is 30.1 Å². The first-order valence-corrected chi connectivity index (χ1v) is 9.06. The Morgan fingerprint density at radius 3 is 2.92 bits per heavy atom. The van der Waals surface area contributed by atoms with E-state index in [1.165, 1.54) is 11.3 Å². The summed E-state index contributed by atoms with van der Waals surface area (Å²) in [6.45, 7) is 7.17. The summed E-state index contributed by atoms with van der Waals surface area (Å²) in [4.78, 5) is 31.3. The average molecular weight is 363 g/mol. The summed E-state index contributed by atoms with van der Waals surface area (Å²) in [5, 5.41) is 7.58. The number of carbonyl (C=O) groups is 2. The maximum Gasteiger partial charge on any atom is 0.410 e. The van der Waals surface area contributed by atoms with Crippen LogP contribution in [0.1, 0.15) is 47.9 Å².